The van der Waals surface area contributed by atoms with Gasteiger partial charge in [-0.3, -0.25) is 9.78 Å². The van der Waals surface area contributed by atoms with Crippen LogP contribution in [-0.4, -0.2) is 40.4 Å². The number of hydrogen-bond acceptors (Lipinski definition) is 4. The fourth-order valence-electron chi connectivity index (χ4n) is 1.68. The highest BCUT2D eigenvalue weighted by Gasteiger charge is 2.24. The minimum Gasteiger partial charge on any atom is -0.337 e. The lowest BCUT2D eigenvalue weighted by atomic mass is 9.93. The molecular weight excluding hydrogens is 228 g/mol. The number of carbonyl (C=O) groups is 1. The van der Waals surface area contributed by atoms with Crippen LogP contribution in [-0.2, 0) is 0 Å². The highest BCUT2D eigenvalue weighted by molar-refractivity contribution is 5.91. The average Bonchev–Trinajstić information content (AvgIpc) is 2.38. The van der Waals surface area contributed by atoms with Crippen LogP contribution in [0.2, 0.25) is 0 Å². The van der Waals surface area contributed by atoms with Gasteiger partial charge in [-0.15, -0.1) is 0 Å². The van der Waals surface area contributed by atoms with Gasteiger partial charge in [0.05, 0.1) is 6.20 Å². The van der Waals surface area contributed by atoms with Gasteiger partial charge in [-0.25, -0.2) is 4.98 Å². The Morgan fingerprint density at radius 2 is 2.17 bits per heavy atom. The van der Waals surface area contributed by atoms with E-state index in [9.17, 15) is 4.79 Å². The number of carbonyl (C=O) groups excluding carboxylic acids is 1. The fourth-order valence-corrected chi connectivity index (χ4v) is 1.68. The Morgan fingerprint density at radius 1 is 1.44 bits per heavy atom. The first kappa shape index (κ1) is 14.6. The number of hydrogen-bond donors (Lipinski definition) is 1. The minimum absolute atomic E-state index is 0.0773. The predicted octanol–water partition coefficient (Wildman–Crippen LogP) is 1.31. The molecule has 0 fully saturated rings. The molecule has 0 atom stereocenters. The van der Waals surface area contributed by atoms with Gasteiger partial charge < -0.3 is 10.6 Å². The average molecular weight is 250 g/mol. The van der Waals surface area contributed by atoms with Crippen LogP contribution >= 0.6 is 0 Å². The Hall–Kier alpha value is -1.49. The molecular formula is C13H22N4O. The lowest BCUT2D eigenvalue weighted by molar-refractivity contribution is 0.0683. The first-order valence-electron chi connectivity index (χ1n) is 6.25. The SMILES string of the molecule is CCCN(CC(C)(C)CN)C(=O)c1cnccn1. The van der Waals surface area contributed by atoms with E-state index in [-0.39, 0.29) is 11.3 Å². The predicted molar refractivity (Wildman–Crippen MR) is 71.1 cm³/mol. The Labute approximate surface area is 108 Å². The molecule has 0 saturated carbocycles. The van der Waals surface area contributed by atoms with Gasteiger partial charge in [0.15, 0.2) is 0 Å². The summed E-state index contributed by atoms with van der Waals surface area (Å²) in [5.41, 5.74) is 6.02. The molecule has 0 aromatic carbocycles. The topological polar surface area (TPSA) is 72.1 Å². The third-order valence-electron chi connectivity index (χ3n) is 2.73. The molecule has 2 N–H and O–H groups in total. The van der Waals surface area contributed by atoms with Gasteiger partial charge in [0.1, 0.15) is 5.69 Å². The van der Waals surface area contributed by atoms with Gasteiger partial charge in [-0.2, -0.15) is 0 Å². The normalized spacial score (nSPS) is 11.3. The highest BCUT2D eigenvalue weighted by Crippen LogP contribution is 2.16. The molecule has 5 heteroatoms. The molecule has 0 bridgehead atoms. The van der Waals surface area contributed by atoms with E-state index in [0.717, 1.165) is 6.42 Å². The third kappa shape index (κ3) is 4.07. The van der Waals surface area contributed by atoms with Crippen LogP contribution in [0.25, 0.3) is 0 Å². The molecule has 1 heterocycles. The molecule has 0 aliphatic rings. The number of nitrogens with zero attached hydrogens (tertiary/aromatic N) is 3. The van der Waals surface area contributed by atoms with Gasteiger partial charge in [0.2, 0.25) is 0 Å². The summed E-state index contributed by atoms with van der Waals surface area (Å²) in [5, 5.41) is 0. The van der Waals surface area contributed by atoms with Gasteiger partial charge in [0.25, 0.3) is 5.91 Å². The van der Waals surface area contributed by atoms with Crippen molar-refractivity contribution in [1.82, 2.24) is 14.9 Å². The van der Waals surface area contributed by atoms with E-state index in [2.05, 4.69) is 23.8 Å². The number of aromatic nitrogens is 2. The Bertz CT molecular complexity index is 378. The Balaban J connectivity index is 2.82. The van der Waals surface area contributed by atoms with E-state index in [1.54, 1.807) is 11.1 Å². The summed E-state index contributed by atoms with van der Waals surface area (Å²) in [4.78, 5) is 22.1. The van der Waals surface area contributed by atoms with Crippen molar-refractivity contribution in [2.24, 2.45) is 11.1 Å². The molecule has 0 saturated heterocycles. The summed E-state index contributed by atoms with van der Waals surface area (Å²) in [5.74, 6) is -0.0773. The quantitative estimate of drug-likeness (QED) is 0.826. The van der Waals surface area contributed by atoms with Crippen LogP contribution in [0.4, 0.5) is 0 Å². The molecule has 0 aliphatic heterocycles. The smallest absolute Gasteiger partial charge is 0.274 e. The standard InChI is InChI=1S/C13H22N4O/c1-4-7-17(10-13(2,3)9-14)12(18)11-8-15-5-6-16-11/h5-6,8H,4,7,9-10,14H2,1-3H3. The van der Waals surface area contributed by atoms with Crippen molar-refractivity contribution in [1.29, 1.82) is 0 Å². The van der Waals surface area contributed by atoms with E-state index >= 15 is 0 Å². The Kier molecular flexibility index (Phi) is 5.22. The molecule has 1 aromatic heterocycles. The molecule has 1 amide bonds. The van der Waals surface area contributed by atoms with Crippen LogP contribution in [0.1, 0.15) is 37.7 Å². The largest absolute Gasteiger partial charge is 0.337 e. The zero-order chi connectivity index (χ0) is 13.6. The Morgan fingerprint density at radius 3 is 2.67 bits per heavy atom. The molecule has 0 aliphatic carbocycles. The van der Waals surface area contributed by atoms with Crippen LogP contribution in [0, 0.1) is 5.41 Å². The second-order valence-electron chi connectivity index (χ2n) is 5.19. The molecule has 0 unspecified atom stereocenters. The van der Waals surface area contributed by atoms with Crippen LogP contribution < -0.4 is 5.73 Å². The summed E-state index contributed by atoms with van der Waals surface area (Å²) < 4.78 is 0. The van der Waals surface area contributed by atoms with Gasteiger partial charge >= 0.3 is 0 Å². The van der Waals surface area contributed by atoms with Crippen LogP contribution in [0.5, 0.6) is 0 Å². The summed E-state index contributed by atoms with van der Waals surface area (Å²) in [6, 6.07) is 0. The van der Waals surface area contributed by atoms with E-state index < -0.39 is 0 Å². The van der Waals surface area contributed by atoms with E-state index in [1.165, 1.54) is 12.4 Å². The molecule has 1 aromatic rings. The number of rotatable bonds is 6. The summed E-state index contributed by atoms with van der Waals surface area (Å²) in [6.07, 6.45) is 5.50. The zero-order valence-corrected chi connectivity index (χ0v) is 11.4. The summed E-state index contributed by atoms with van der Waals surface area (Å²) in [6.45, 7) is 8.04. The first-order chi connectivity index (χ1) is 8.50. The summed E-state index contributed by atoms with van der Waals surface area (Å²) in [7, 11) is 0. The van der Waals surface area contributed by atoms with E-state index in [4.69, 9.17) is 5.73 Å². The maximum atomic E-state index is 12.3. The minimum atomic E-state index is -0.0902. The summed E-state index contributed by atoms with van der Waals surface area (Å²) >= 11 is 0. The van der Waals surface area contributed by atoms with Crippen molar-refractivity contribution < 1.29 is 4.79 Å². The molecule has 18 heavy (non-hydrogen) atoms. The molecule has 1 rings (SSSR count). The van der Waals surface area contributed by atoms with Crippen molar-refractivity contribution >= 4 is 5.91 Å². The molecule has 5 nitrogen and oxygen atoms in total. The third-order valence-corrected chi connectivity index (χ3v) is 2.73. The van der Waals surface area contributed by atoms with Crippen LogP contribution in [0.3, 0.4) is 0 Å². The number of amides is 1. The first-order valence-corrected chi connectivity index (χ1v) is 6.25. The molecule has 100 valence electrons. The molecule has 0 radical (unpaired) electrons. The van der Waals surface area contributed by atoms with E-state index in [0.29, 0.717) is 25.3 Å². The molecule has 0 spiro atoms. The van der Waals surface area contributed by atoms with Crippen molar-refractivity contribution in [3.63, 3.8) is 0 Å². The van der Waals surface area contributed by atoms with Gasteiger partial charge in [-0.05, 0) is 18.4 Å². The van der Waals surface area contributed by atoms with Crippen molar-refractivity contribution in [3.8, 4) is 0 Å². The zero-order valence-electron chi connectivity index (χ0n) is 11.4. The van der Waals surface area contributed by atoms with E-state index in [1.807, 2.05) is 6.92 Å². The maximum Gasteiger partial charge on any atom is 0.274 e. The van der Waals surface area contributed by atoms with Crippen molar-refractivity contribution in [3.05, 3.63) is 24.3 Å². The maximum absolute atomic E-state index is 12.3. The van der Waals surface area contributed by atoms with Gasteiger partial charge in [0, 0.05) is 25.5 Å². The lowest BCUT2D eigenvalue weighted by Crippen LogP contribution is -2.42. The lowest BCUT2D eigenvalue weighted by Gasteiger charge is -2.31. The second-order valence-corrected chi connectivity index (χ2v) is 5.19. The van der Waals surface area contributed by atoms with Crippen molar-refractivity contribution in [2.45, 2.75) is 27.2 Å². The highest BCUT2D eigenvalue weighted by atomic mass is 16.2. The monoisotopic (exact) mass is 250 g/mol. The fraction of sp³-hybridized carbons (Fsp3) is 0.615. The van der Waals surface area contributed by atoms with Crippen LogP contribution in [0.15, 0.2) is 18.6 Å². The van der Waals surface area contributed by atoms with Crippen molar-refractivity contribution in [2.75, 3.05) is 19.6 Å². The second kappa shape index (κ2) is 6.44. The number of nitrogens with two attached hydrogens (primary N) is 1. The van der Waals surface area contributed by atoms with Gasteiger partial charge in [-0.1, -0.05) is 20.8 Å².